The molecule has 0 spiro atoms. The molecule has 2 nitrogen and oxygen atoms in total. The van der Waals surface area contributed by atoms with Gasteiger partial charge in [-0.15, -0.1) is 11.3 Å². The van der Waals surface area contributed by atoms with E-state index in [9.17, 15) is 0 Å². The van der Waals surface area contributed by atoms with Crippen molar-refractivity contribution in [1.29, 1.82) is 0 Å². The van der Waals surface area contributed by atoms with Crippen LogP contribution in [0.4, 0.5) is 0 Å². The van der Waals surface area contributed by atoms with Gasteiger partial charge < -0.3 is 5.32 Å². The number of nitrogens with zero attached hydrogens (tertiary/aromatic N) is 1. The Morgan fingerprint density at radius 1 is 1.53 bits per heavy atom. The van der Waals surface area contributed by atoms with Crippen LogP contribution in [-0.4, -0.2) is 18.1 Å². The molecular formula is C12H20N2S. The monoisotopic (exact) mass is 224 g/mol. The second-order valence-electron chi connectivity index (χ2n) is 4.43. The highest BCUT2D eigenvalue weighted by atomic mass is 32.1. The smallest absolute Gasteiger partial charge is 0.0930 e. The van der Waals surface area contributed by atoms with Gasteiger partial charge in [0.2, 0.25) is 0 Å². The highest BCUT2D eigenvalue weighted by Gasteiger charge is 2.17. The molecule has 2 rings (SSSR count). The number of aryl methyl sites for hydroxylation is 2. The highest BCUT2D eigenvalue weighted by Crippen LogP contribution is 2.24. The van der Waals surface area contributed by atoms with Gasteiger partial charge in [0.15, 0.2) is 0 Å². The molecule has 1 unspecified atom stereocenters. The van der Waals surface area contributed by atoms with Crippen LogP contribution in [0.25, 0.3) is 0 Å². The zero-order chi connectivity index (χ0) is 10.7. The SMILES string of the molecule is CCCc1nc(C)c(CC2CCNC2)s1. The molecule has 1 fully saturated rings. The summed E-state index contributed by atoms with van der Waals surface area (Å²) in [6.45, 7) is 6.77. The van der Waals surface area contributed by atoms with Crippen LogP contribution < -0.4 is 5.32 Å². The average Bonchev–Trinajstić information content (AvgIpc) is 2.79. The second-order valence-corrected chi connectivity index (χ2v) is 5.60. The molecule has 84 valence electrons. The quantitative estimate of drug-likeness (QED) is 0.850. The van der Waals surface area contributed by atoms with Gasteiger partial charge in [-0.25, -0.2) is 4.98 Å². The van der Waals surface area contributed by atoms with Gasteiger partial charge in [-0.05, 0) is 51.6 Å². The standard InChI is InChI=1S/C12H20N2S/c1-3-4-12-14-9(2)11(15-12)7-10-5-6-13-8-10/h10,13H,3-8H2,1-2H3. The van der Waals surface area contributed by atoms with Gasteiger partial charge in [0, 0.05) is 4.88 Å². The summed E-state index contributed by atoms with van der Waals surface area (Å²) < 4.78 is 0. The van der Waals surface area contributed by atoms with E-state index < -0.39 is 0 Å². The summed E-state index contributed by atoms with van der Waals surface area (Å²) in [5, 5.41) is 4.76. The van der Waals surface area contributed by atoms with E-state index in [0.29, 0.717) is 0 Å². The maximum absolute atomic E-state index is 4.64. The molecule has 0 amide bonds. The van der Waals surface area contributed by atoms with E-state index in [2.05, 4.69) is 24.1 Å². The molecule has 0 aromatic carbocycles. The first-order valence-corrected chi connectivity index (χ1v) is 6.77. The molecule has 3 heteroatoms. The predicted octanol–water partition coefficient (Wildman–Crippen LogP) is 2.56. The Labute approximate surface area is 96.1 Å². The summed E-state index contributed by atoms with van der Waals surface area (Å²) in [7, 11) is 0. The summed E-state index contributed by atoms with van der Waals surface area (Å²) in [6.07, 6.45) is 4.92. The van der Waals surface area contributed by atoms with Crippen molar-refractivity contribution in [2.75, 3.05) is 13.1 Å². The van der Waals surface area contributed by atoms with Crippen LogP contribution in [0.5, 0.6) is 0 Å². The first-order chi connectivity index (χ1) is 7.29. The number of aromatic nitrogens is 1. The first-order valence-electron chi connectivity index (χ1n) is 5.95. The van der Waals surface area contributed by atoms with Gasteiger partial charge in [0.1, 0.15) is 0 Å². The normalized spacial score (nSPS) is 21.1. The fraction of sp³-hybridized carbons (Fsp3) is 0.750. The maximum atomic E-state index is 4.64. The van der Waals surface area contributed by atoms with Crippen LogP contribution in [0.2, 0.25) is 0 Å². The maximum Gasteiger partial charge on any atom is 0.0930 e. The summed E-state index contributed by atoms with van der Waals surface area (Å²) in [4.78, 5) is 6.16. The number of hydrogen-bond acceptors (Lipinski definition) is 3. The Morgan fingerprint density at radius 3 is 3.07 bits per heavy atom. The number of nitrogens with one attached hydrogen (secondary N) is 1. The van der Waals surface area contributed by atoms with Crippen LogP contribution in [0.1, 0.15) is 35.3 Å². The van der Waals surface area contributed by atoms with Gasteiger partial charge in [0.05, 0.1) is 10.7 Å². The van der Waals surface area contributed by atoms with E-state index >= 15 is 0 Å². The van der Waals surface area contributed by atoms with Crippen LogP contribution in [0.15, 0.2) is 0 Å². The summed E-state index contributed by atoms with van der Waals surface area (Å²) in [6, 6.07) is 0. The van der Waals surface area contributed by atoms with Crippen molar-refractivity contribution >= 4 is 11.3 Å². The fourth-order valence-corrected chi connectivity index (χ4v) is 3.43. The van der Waals surface area contributed by atoms with Crippen molar-refractivity contribution in [1.82, 2.24) is 10.3 Å². The zero-order valence-corrected chi connectivity index (χ0v) is 10.5. The Morgan fingerprint density at radius 2 is 2.40 bits per heavy atom. The van der Waals surface area contributed by atoms with Crippen molar-refractivity contribution in [3.8, 4) is 0 Å². The molecule has 2 heterocycles. The topological polar surface area (TPSA) is 24.9 Å². The third kappa shape index (κ3) is 2.79. The van der Waals surface area contributed by atoms with Crippen molar-refractivity contribution in [2.45, 2.75) is 39.5 Å². The molecule has 0 bridgehead atoms. The summed E-state index contributed by atoms with van der Waals surface area (Å²) in [5.41, 5.74) is 1.27. The molecular weight excluding hydrogens is 204 g/mol. The van der Waals surface area contributed by atoms with E-state index in [1.165, 1.54) is 47.9 Å². The lowest BCUT2D eigenvalue weighted by Crippen LogP contribution is -2.10. The van der Waals surface area contributed by atoms with E-state index in [4.69, 9.17) is 0 Å². The summed E-state index contributed by atoms with van der Waals surface area (Å²) in [5.74, 6) is 0.846. The van der Waals surface area contributed by atoms with Crippen molar-refractivity contribution in [2.24, 2.45) is 5.92 Å². The zero-order valence-electron chi connectivity index (χ0n) is 9.68. The van der Waals surface area contributed by atoms with Gasteiger partial charge in [-0.3, -0.25) is 0 Å². The van der Waals surface area contributed by atoms with Crippen LogP contribution >= 0.6 is 11.3 Å². The number of hydrogen-bond donors (Lipinski definition) is 1. The molecule has 0 radical (unpaired) electrons. The van der Waals surface area contributed by atoms with Gasteiger partial charge >= 0.3 is 0 Å². The fourth-order valence-electron chi connectivity index (χ4n) is 2.15. The molecule has 1 aliphatic rings. The third-order valence-corrected chi connectivity index (χ3v) is 4.28. The number of rotatable bonds is 4. The minimum Gasteiger partial charge on any atom is -0.316 e. The molecule has 1 aromatic heterocycles. The van der Waals surface area contributed by atoms with Gasteiger partial charge in [-0.2, -0.15) is 0 Å². The first kappa shape index (κ1) is 11.1. The Hall–Kier alpha value is -0.410. The lowest BCUT2D eigenvalue weighted by atomic mass is 10.0. The van der Waals surface area contributed by atoms with Gasteiger partial charge in [-0.1, -0.05) is 6.92 Å². The van der Waals surface area contributed by atoms with E-state index in [-0.39, 0.29) is 0 Å². The molecule has 15 heavy (non-hydrogen) atoms. The molecule has 1 atom stereocenters. The minimum absolute atomic E-state index is 0.846. The molecule has 0 saturated carbocycles. The molecule has 1 saturated heterocycles. The predicted molar refractivity (Wildman–Crippen MR) is 65.5 cm³/mol. The Balaban J connectivity index is 2.00. The average molecular weight is 224 g/mol. The largest absolute Gasteiger partial charge is 0.316 e. The number of thiazole rings is 1. The Kier molecular flexibility index (Phi) is 3.76. The van der Waals surface area contributed by atoms with Crippen LogP contribution in [0, 0.1) is 12.8 Å². The van der Waals surface area contributed by atoms with Crippen molar-refractivity contribution in [3.63, 3.8) is 0 Å². The van der Waals surface area contributed by atoms with Gasteiger partial charge in [0.25, 0.3) is 0 Å². The third-order valence-electron chi connectivity index (χ3n) is 3.04. The Bertz CT molecular complexity index is 313. The molecule has 1 N–H and O–H groups in total. The lowest BCUT2D eigenvalue weighted by molar-refractivity contribution is 0.583. The van der Waals surface area contributed by atoms with Crippen LogP contribution in [-0.2, 0) is 12.8 Å². The van der Waals surface area contributed by atoms with Crippen molar-refractivity contribution in [3.05, 3.63) is 15.6 Å². The molecule has 1 aromatic rings. The van der Waals surface area contributed by atoms with Crippen molar-refractivity contribution < 1.29 is 0 Å². The summed E-state index contributed by atoms with van der Waals surface area (Å²) >= 11 is 1.93. The molecule has 1 aliphatic heterocycles. The second kappa shape index (κ2) is 5.08. The lowest BCUT2D eigenvalue weighted by Gasteiger charge is -2.05. The molecule has 0 aliphatic carbocycles. The van der Waals surface area contributed by atoms with Crippen LogP contribution in [0.3, 0.4) is 0 Å². The van der Waals surface area contributed by atoms with E-state index in [1.54, 1.807) is 0 Å². The minimum atomic E-state index is 0.846. The van der Waals surface area contributed by atoms with E-state index in [0.717, 1.165) is 12.3 Å². The highest BCUT2D eigenvalue weighted by molar-refractivity contribution is 7.11. The van der Waals surface area contributed by atoms with E-state index in [1.807, 2.05) is 11.3 Å².